The van der Waals surface area contributed by atoms with E-state index in [0.29, 0.717) is 5.56 Å². The van der Waals surface area contributed by atoms with Gasteiger partial charge in [-0.25, -0.2) is 4.39 Å². The second kappa shape index (κ2) is 3.37. The van der Waals surface area contributed by atoms with E-state index in [4.69, 9.17) is 0 Å². The molecule has 0 saturated heterocycles. The Labute approximate surface area is 82.3 Å². The van der Waals surface area contributed by atoms with Gasteiger partial charge in [0, 0.05) is 5.56 Å². The van der Waals surface area contributed by atoms with Crippen LogP contribution in [-0.2, 0) is 6.42 Å². The molecule has 0 N–H and O–H groups in total. The molecule has 1 aliphatic rings. The lowest BCUT2D eigenvalue weighted by Gasteiger charge is -2.14. The topological polar surface area (TPSA) is 17.1 Å². The Bertz CT molecular complexity index is 418. The molecule has 0 atom stereocenters. The minimum Gasteiger partial charge on any atom is -0.289 e. The van der Waals surface area contributed by atoms with Crippen LogP contribution in [0.3, 0.4) is 0 Å². The summed E-state index contributed by atoms with van der Waals surface area (Å²) < 4.78 is 12.9. The summed E-state index contributed by atoms with van der Waals surface area (Å²) >= 11 is 0. The summed E-state index contributed by atoms with van der Waals surface area (Å²) in [5, 5.41) is 0. The van der Waals surface area contributed by atoms with Gasteiger partial charge in [0.1, 0.15) is 5.82 Å². The first-order chi connectivity index (χ1) is 6.70. The molecule has 0 bridgehead atoms. The first-order valence-corrected chi connectivity index (χ1v) is 4.73. The summed E-state index contributed by atoms with van der Waals surface area (Å²) in [5.74, 6) is -0.409. The van der Waals surface area contributed by atoms with Crippen LogP contribution in [-0.4, -0.2) is 5.78 Å². The van der Waals surface area contributed by atoms with Gasteiger partial charge in [-0.05, 0) is 36.6 Å². The summed E-state index contributed by atoms with van der Waals surface area (Å²) in [4.78, 5) is 11.6. The molecule has 1 aromatic rings. The van der Waals surface area contributed by atoms with Gasteiger partial charge in [0.2, 0.25) is 0 Å². The fourth-order valence-corrected chi connectivity index (χ4v) is 1.72. The molecule has 2 rings (SSSR count). The van der Waals surface area contributed by atoms with Gasteiger partial charge in [0.15, 0.2) is 5.78 Å². The van der Waals surface area contributed by atoms with Crippen LogP contribution < -0.4 is 0 Å². The number of allylic oxidation sites excluding steroid dienone is 2. The minimum atomic E-state index is -0.342. The molecule has 0 aromatic heterocycles. The molecule has 0 aliphatic heterocycles. The third kappa shape index (κ3) is 1.48. The lowest BCUT2D eigenvalue weighted by Crippen LogP contribution is -2.09. The smallest absolute Gasteiger partial charge is 0.186 e. The highest BCUT2D eigenvalue weighted by atomic mass is 19.1. The number of hydrogen-bond donors (Lipinski definition) is 0. The van der Waals surface area contributed by atoms with Crippen LogP contribution in [0.2, 0.25) is 0 Å². The molecule has 1 aliphatic carbocycles. The lowest BCUT2D eigenvalue weighted by atomic mass is 9.90. The number of benzene rings is 1. The number of hydrogen-bond acceptors (Lipinski definition) is 1. The number of fused-ring (bicyclic) bond motifs is 1. The van der Waals surface area contributed by atoms with E-state index in [1.165, 1.54) is 12.1 Å². The van der Waals surface area contributed by atoms with Crippen LogP contribution in [0.25, 0.3) is 0 Å². The SMILES string of the molecule is CCC1=CC(=O)c2cc(F)ccc2C1. The molecular formula is C12H11FO. The second-order valence-electron chi connectivity index (χ2n) is 3.50. The van der Waals surface area contributed by atoms with Crippen molar-refractivity contribution in [3.05, 3.63) is 46.8 Å². The summed E-state index contributed by atoms with van der Waals surface area (Å²) in [5.41, 5.74) is 2.58. The van der Waals surface area contributed by atoms with E-state index in [-0.39, 0.29) is 11.6 Å². The van der Waals surface area contributed by atoms with Crippen LogP contribution in [0.4, 0.5) is 4.39 Å². The molecule has 0 fully saturated rings. The predicted molar refractivity (Wildman–Crippen MR) is 52.8 cm³/mol. The molecule has 0 heterocycles. The molecule has 0 unspecified atom stereocenters. The van der Waals surface area contributed by atoms with Crippen molar-refractivity contribution in [2.75, 3.05) is 0 Å². The Morgan fingerprint density at radius 2 is 2.21 bits per heavy atom. The molecule has 0 amide bonds. The van der Waals surface area contributed by atoms with E-state index in [1.54, 1.807) is 12.1 Å². The van der Waals surface area contributed by atoms with Gasteiger partial charge in [-0.2, -0.15) is 0 Å². The van der Waals surface area contributed by atoms with Crippen molar-refractivity contribution in [2.24, 2.45) is 0 Å². The van der Waals surface area contributed by atoms with E-state index in [9.17, 15) is 9.18 Å². The molecule has 0 spiro atoms. The molecular weight excluding hydrogens is 179 g/mol. The van der Waals surface area contributed by atoms with E-state index in [1.807, 2.05) is 6.92 Å². The monoisotopic (exact) mass is 190 g/mol. The number of carbonyl (C=O) groups is 1. The van der Waals surface area contributed by atoms with Crippen molar-refractivity contribution in [3.8, 4) is 0 Å². The summed E-state index contributed by atoms with van der Waals surface area (Å²) in [6.07, 6.45) is 3.28. The third-order valence-electron chi connectivity index (χ3n) is 2.54. The van der Waals surface area contributed by atoms with Gasteiger partial charge in [0.25, 0.3) is 0 Å². The van der Waals surface area contributed by atoms with E-state index in [0.717, 1.165) is 24.0 Å². The van der Waals surface area contributed by atoms with E-state index in [2.05, 4.69) is 0 Å². The first kappa shape index (κ1) is 9.13. The Kier molecular flexibility index (Phi) is 2.20. The minimum absolute atomic E-state index is 0.0670. The van der Waals surface area contributed by atoms with Crippen molar-refractivity contribution in [1.82, 2.24) is 0 Å². The Morgan fingerprint density at radius 1 is 1.43 bits per heavy atom. The predicted octanol–water partition coefficient (Wildman–Crippen LogP) is 2.90. The standard InChI is InChI=1S/C12H11FO/c1-2-8-5-9-3-4-10(13)7-11(9)12(14)6-8/h3-4,6-7H,2,5H2,1H3. The van der Waals surface area contributed by atoms with Crippen LogP contribution in [0.15, 0.2) is 29.8 Å². The molecule has 1 nitrogen and oxygen atoms in total. The van der Waals surface area contributed by atoms with Crippen LogP contribution >= 0.6 is 0 Å². The van der Waals surface area contributed by atoms with Crippen molar-refractivity contribution in [2.45, 2.75) is 19.8 Å². The highest BCUT2D eigenvalue weighted by Crippen LogP contribution is 2.23. The zero-order valence-corrected chi connectivity index (χ0v) is 8.01. The Balaban J connectivity index is 2.48. The first-order valence-electron chi connectivity index (χ1n) is 4.73. The molecule has 0 saturated carbocycles. The second-order valence-corrected chi connectivity index (χ2v) is 3.50. The van der Waals surface area contributed by atoms with Crippen LogP contribution in [0.5, 0.6) is 0 Å². The summed E-state index contributed by atoms with van der Waals surface area (Å²) in [6.45, 7) is 2.02. The van der Waals surface area contributed by atoms with Crippen LogP contribution in [0, 0.1) is 5.82 Å². The highest BCUT2D eigenvalue weighted by Gasteiger charge is 2.16. The molecule has 1 aromatic carbocycles. The fourth-order valence-electron chi connectivity index (χ4n) is 1.72. The zero-order valence-electron chi connectivity index (χ0n) is 8.01. The highest BCUT2D eigenvalue weighted by molar-refractivity contribution is 6.07. The maximum absolute atomic E-state index is 12.9. The third-order valence-corrected chi connectivity index (χ3v) is 2.54. The molecule has 2 heteroatoms. The number of ketones is 1. The quantitative estimate of drug-likeness (QED) is 0.665. The van der Waals surface area contributed by atoms with Gasteiger partial charge in [-0.15, -0.1) is 0 Å². The number of carbonyl (C=O) groups excluding carboxylic acids is 1. The Hall–Kier alpha value is -1.44. The Morgan fingerprint density at radius 3 is 2.93 bits per heavy atom. The normalized spacial score (nSPS) is 15.0. The van der Waals surface area contributed by atoms with Crippen LogP contribution in [0.1, 0.15) is 29.3 Å². The van der Waals surface area contributed by atoms with Gasteiger partial charge >= 0.3 is 0 Å². The van der Waals surface area contributed by atoms with Gasteiger partial charge < -0.3 is 0 Å². The number of halogens is 1. The zero-order chi connectivity index (χ0) is 10.1. The van der Waals surface area contributed by atoms with Crippen molar-refractivity contribution in [3.63, 3.8) is 0 Å². The average molecular weight is 190 g/mol. The van der Waals surface area contributed by atoms with Crippen molar-refractivity contribution >= 4 is 5.78 Å². The fraction of sp³-hybridized carbons (Fsp3) is 0.250. The lowest BCUT2D eigenvalue weighted by molar-refractivity contribution is 0.104. The van der Waals surface area contributed by atoms with Crippen molar-refractivity contribution < 1.29 is 9.18 Å². The summed E-state index contributed by atoms with van der Waals surface area (Å²) in [7, 11) is 0. The van der Waals surface area contributed by atoms with Gasteiger partial charge in [0.05, 0.1) is 0 Å². The van der Waals surface area contributed by atoms with Gasteiger partial charge in [-0.1, -0.05) is 18.6 Å². The number of rotatable bonds is 1. The summed E-state index contributed by atoms with van der Waals surface area (Å²) in [6, 6.07) is 4.43. The molecule has 72 valence electrons. The maximum atomic E-state index is 12.9. The maximum Gasteiger partial charge on any atom is 0.186 e. The van der Waals surface area contributed by atoms with Gasteiger partial charge in [-0.3, -0.25) is 4.79 Å². The van der Waals surface area contributed by atoms with E-state index >= 15 is 0 Å². The average Bonchev–Trinajstić information content (AvgIpc) is 2.19. The van der Waals surface area contributed by atoms with E-state index < -0.39 is 0 Å². The van der Waals surface area contributed by atoms with Crippen molar-refractivity contribution in [1.29, 1.82) is 0 Å². The molecule has 14 heavy (non-hydrogen) atoms. The molecule has 0 radical (unpaired) electrons. The largest absolute Gasteiger partial charge is 0.289 e.